The van der Waals surface area contributed by atoms with Crippen molar-refractivity contribution in [3.05, 3.63) is 46.5 Å². The summed E-state index contributed by atoms with van der Waals surface area (Å²) in [6.45, 7) is 1.78. The molecule has 0 amide bonds. The Kier molecular flexibility index (Phi) is 2.37. The molecule has 0 atom stereocenters. The van der Waals surface area contributed by atoms with Crippen LogP contribution in [0.5, 0.6) is 0 Å². The molecule has 2 aromatic rings. The molecule has 0 saturated carbocycles. The lowest BCUT2D eigenvalue weighted by molar-refractivity contribution is 0.0696. The van der Waals surface area contributed by atoms with Gasteiger partial charge in [0.15, 0.2) is 0 Å². The van der Waals surface area contributed by atoms with Crippen LogP contribution in [0.15, 0.2) is 30.3 Å². The molecule has 1 N–H and O–H groups in total. The topological polar surface area (TPSA) is 37.3 Å². The maximum Gasteiger partial charge on any atom is 0.335 e. The number of fused-ring (bicyclic) bond motifs is 1. The molecular weight excluding hydrogens is 212 g/mol. The normalized spacial score (nSPS) is 10.5. The van der Waals surface area contributed by atoms with Crippen LogP contribution in [0.1, 0.15) is 15.9 Å². The number of aryl methyl sites for hydroxylation is 1. The number of carboxylic acids is 1. The molecule has 0 heterocycles. The lowest BCUT2D eigenvalue weighted by Crippen LogP contribution is -1.99. The van der Waals surface area contributed by atoms with Gasteiger partial charge >= 0.3 is 5.97 Å². The van der Waals surface area contributed by atoms with Crippen LogP contribution in [-0.2, 0) is 0 Å². The van der Waals surface area contributed by atoms with Crippen LogP contribution in [0.25, 0.3) is 10.8 Å². The SMILES string of the molecule is Cc1c(C(=O)O)ccc2cccc(Cl)c12. The molecule has 76 valence electrons. The predicted octanol–water partition coefficient (Wildman–Crippen LogP) is 3.50. The van der Waals surface area contributed by atoms with Crippen molar-refractivity contribution in [1.29, 1.82) is 0 Å². The van der Waals surface area contributed by atoms with Crippen molar-refractivity contribution in [2.24, 2.45) is 0 Å². The number of aromatic carboxylic acids is 1. The molecule has 15 heavy (non-hydrogen) atoms. The number of benzene rings is 2. The monoisotopic (exact) mass is 220 g/mol. The maximum absolute atomic E-state index is 10.9. The highest BCUT2D eigenvalue weighted by molar-refractivity contribution is 6.36. The number of halogens is 1. The van der Waals surface area contributed by atoms with Gasteiger partial charge in [0.05, 0.1) is 5.56 Å². The third-order valence-electron chi connectivity index (χ3n) is 2.48. The van der Waals surface area contributed by atoms with Crippen LogP contribution in [0.4, 0.5) is 0 Å². The quantitative estimate of drug-likeness (QED) is 0.799. The van der Waals surface area contributed by atoms with E-state index >= 15 is 0 Å². The summed E-state index contributed by atoms with van der Waals surface area (Å²) in [7, 11) is 0. The van der Waals surface area contributed by atoms with E-state index in [1.807, 2.05) is 12.1 Å². The van der Waals surface area contributed by atoms with Gasteiger partial charge in [-0.1, -0.05) is 29.8 Å². The number of carbonyl (C=O) groups is 1. The van der Waals surface area contributed by atoms with Crippen LogP contribution < -0.4 is 0 Å². The molecule has 0 aliphatic carbocycles. The van der Waals surface area contributed by atoms with Crippen molar-refractivity contribution in [2.45, 2.75) is 6.92 Å². The second-order valence-electron chi connectivity index (χ2n) is 3.38. The molecule has 2 aromatic carbocycles. The minimum atomic E-state index is -0.922. The minimum absolute atomic E-state index is 0.301. The first kappa shape index (κ1) is 9.99. The van der Waals surface area contributed by atoms with Gasteiger partial charge in [0.2, 0.25) is 0 Å². The third kappa shape index (κ3) is 1.57. The van der Waals surface area contributed by atoms with E-state index in [0.29, 0.717) is 16.1 Å². The van der Waals surface area contributed by atoms with E-state index < -0.39 is 5.97 Å². The average Bonchev–Trinajstić information content (AvgIpc) is 2.17. The minimum Gasteiger partial charge on any atom is -0.478 e. The first-order valence-corrected chi connectivity index (χ1v) is 4.90. The summed E-state index contributed by atoms with van der Waals surface area (Å²) in [5.41, 5.74) is 1.02. The Balaban J connectivity index is 2.89. The second-order valence-corrected chi connectivity index (χ2v) is 3.79. The maximum atomic E-state index is 10.9. The highest BCUT2D eigenvalue weighted by atomic mass is 35.5. The molecule has 0 unspecified atom stereocenters. The zero-order chi connectivity index (χ0) is 11.0. The molecular formula is C12H9ClO2. The van der Waals surface area contributed by atoms with Crippen LogP contribution in [0.3, 0.4) is 0 Å². The largest absolute Gasteiger partial charge is 0.478 e. The predicted molar refractivity (Wildman–Crippen MR) is 60.7 cm³/mol. The Hall–Kier alpha value is -1.54. The van der Waals surface area contributed by atoms with Gasteiger partial charge in [0.25, 0.3) is 0 Å². The molecule has 0 radical (unpaired) electrons. The first-order chi connectivity index (χ1) is 7.11. The molecule has 0 fully saturated rings. The van der Waals surface area contributed by atoms with Gasteiger partial charge in [-0.25, -0.2) is 4.79 Å². The zero-order valence-electron chi connectivity index (χ0n) is 8.12. The van der Waals surface area contributed by atoms with Gasteiger partial charge in [0, 0.05) is 10.4 Å². The van der Waals surface area contributed by atoms with Crippen LogP contribution in [0, 0.1) is 6.92 Å². The first-order valence-electron chi connectivity index (χ1n) is 4.52. The van der Waals surface area contributed by atoms with Crippen molar-refractivity contribution in [2.75, 3.05) is 0 Å². The molecule has 2 rings (SSSR count). The van der Waals surface area contributed by atoms with Crippen molar-refractivity contribution in [1.82, 2.24) is 0 Å². The van der Waals surface area contributed by atoms with E-state index in [2.05, 4.69) is 0 Å². The molecule has 0 aliphatic heterocycles. The Morgan fingerprint density at radius 1 is 1.27 bits per heavy atom. The van der Waals surface area contributed by atoms with Gasteiger partial charge < -0.3 is 5.11 Å². The van der Waals surface area contributed by atoms with E-state index in [1.165, 1.54) is 0 Å². The number of rotatable bonds is 1. The van der Waals surface area contributed by atoms with E-state index in [9.17, 15) is 4.79 Å². The van der Waals surface area contributed by atoms with E-state index in [4.69, 9.17) is 16.7 Å². The molecule has 0 bridgehead atoms. The number of hydrogen-bond acceptors (Lipinski definition) is 1. The summed E-state index contributed by atoms with van der Waals surface area (Å²) in [4.78, 5) is 10.9. The highest BCUT2D eigenvalue weighted by Crippen LogP contribution is 2.28. The Bertz CT molecular complexity index is 547. The van der Waals surface area contributed by atoms with E-state index in [0.717, 1.165) is 10.8 Å². The van der Waals surface area contributed by atoms with E-state index in [1.54, 1.807) is 25.1 Å². The fourth-order valence-electron chi connectivity index (χ4n) is 1.74. The standard InChI is InChI=1S/C12H9ClO2/c1-7-9(12(14)15)6-5-8-3-2-4-10(13)11(7)8/h2-6H,1H3,(H,14,15). The molecule has 3 heteroatoms. The third-order valence-corrected chi connectivity index (χ3v) is 2.80. The summed E-state index contributed by atoms with van der Waals surface area (Å²) in [5.74, 6) is -0.922. The second kappa shape index (κ2) is 3.55. The van der Waals surface area contributed by atoms with Gasteiger partial charge in [-0.05, 0) is 30.0 Å². The lowest BCUT2D eigenvalue weighted by Gasteiger charge is -2.07. The molecule has 0 saturated heterocycles. The number of carboxylic acid groups (broad SMARTS) is 1. The lowest BCUT2D eigenvalue weighted by atomic mass is 10.0. The van der Waals surface area contributed by atoms with Gasteiger partial charge in [0.1, 0.15) is 0 Å². The van der Waals surface area contributed by atoms with Crippen molar-refractivity contribution >= 4 is 28.3 Å². The average molecular weight is 221 g/mol. The molecule has 0 aliphatic rings. The number of hydrogen-bond donors (Lipinski definition) is 1. The summed E-state index contributed by atoms with van der Waals surface area (Å²) in [5, 5.41) is 11.3. The van der Waals surface area contributed by atoms with Gasteiger partial charge in [-0.3, -0.25) is 0 Å². The Morgan fingerprint density at radius 2 is 2.00 bits per heavy atom. The summed E-state index contributed by atoms with van der Waals surface area (Å²) in [6, 6.07) is 8.92. The van der Waals surface area contributed by atoms with Gasteiger partial charge in [-0.2, -0.15) is 0 Å². The fourth-order valence-corrected chi connectivity index (χ4v) is 2.06. The molecule has 2 nitrogen and oxygen atoms in total. The Labute approximate surface area is 92.1 Å². The van der Waals surface area contributed by atoms with Crippen LogP contribution in [0.2, 0.25) is 5.02 Å². The van der Waals surface area contributed by atoms with Crippen LogP contribution in [-0.4, -0.2) is 11.1 Å². The summed E-state index contributed by atoms with van der Waals surface area (Å²) >= 11 is 6.05. The van der Waals surface area contributed by atoms with Crippen molar-refractivity contribution < 1.29 is 9.90 Å². The summed E-state index contributed by atoms with van der Waals surface area (Å²) < 4.78 is 0. The molecule has 0 aromatic heterocycles. The zero-order valence-corrected chi connectivity index (χ0v) is 8.88. The summed E-state index contributed by atoms with van der Waals surface area (Å²) in [6.07, 6.45) is 0. The van der Waals surface area contributed by atoms with Crippen LogP contribution >= 0.6 is 11.6 Å². The Morgan fingerprint density at radius 3 is 2.67 bits per heavy atom. The van der Waals surface area contributed by atoms with Gasteiger partial charge in [-0.15, -0.1) is 0 Å². The van der Waals surface area contributed by atoms with Crippen molar-refractivity contribution in [3.63, 3.8) is 0 Å². The van der Waals surface area contributed by atoms with Crippen molar-refractivity contribution in [3.8, 4) is 0 Å². The van der Waals surface area contributed by atoms with E-state index in [-0.39, 0.29) is 0 Å². The highest BCUT2D eigenvalue weighted by Gasteiger charge is 2.11. The smallest absolute Gasteiger partial charge is 0.335 e. The fraction of sp³-hybridized carbons (Fsp3) is 0.0833. The molecule has 0 spiro atoms.